The lowest BCUT2D eigenvalue weighted by atomic mass is 10.0. The fourth-order valence-electron chi connectivity index (χ4n) is 2.59. The molecule has 0 saturated carbocycles. The van der Waals surface area contributed by atoms with Crippen LogP contribution in [0, 0.1) is 6.92 Å². The number of ether oxygens (including phenoxy) is 1. The van der Waals surface area contributed by atoms with E-state index in [1.54, 1.807) is 0 Å². The summed E-state index contributed by atoms with van der Waals surface area (Å²) in [5, 5.41) is 2.36. The van der Waals surface area contributed by atoms with Gasteiger partial charge in [-0.15, -0.1) is 0 Å². The molecule has 0 aliphatic heterocycles. The zero-order valence-corrected chi connectivity index (χ0v) is 12.2. The van der Waals surface area contributed by atoms with Gasteiger partial charge in [0.05, 0.1) is 0 Å². The Bertz CT molecular complexity index is 764. The molecule has 0 aliphatic rings. The summed E-state index contributed by atoms with van der Waals surface area (Å²) in [6.45, 7) is 3.14. The summed E-state index contributed by atoms with van der Waals surface area (Å²) in [5.41, 5.74) is 9.45. The second kappa shape index (κ2) is 5.98. The molecule has 0 radical (unpaired) electrons. The van der Waals surface area contributed by atoms with Crippen LogP contribution in [0.2, 0.25) is 0 Å². The average molecular weight is 277 g/mol. The highest BCUT2D eigenvalue weighted by Crippen LogP contribution is 2.28. The third kappa shape index (κ3) is 2.76. The molecule has 0 fully saturated rings. The van der Waals surface area contributed by atoms with Crippen molar-refractivity contribution in [3.05, 3.63) is 77.4 Å². The number of hydrogen-bond acceptors (Lipinski definition) is 2. The minimum absolute atomic E-state index is 0.477. The maximum absolute atomic E-state index is 6.02. The Morgan fingerprint density at radius 2 is 1.67 bits per heavy atom. The number of nitrogens with two attached hydrogens (primary N) is 1. The van der Waals surface area contributed by atoms with Gasteiger partial charge in [0.1, 0.15) is 12.4 Å². The maximum Gasteiger partial charge on any atom is 0.124 e. The van der Waals surface area contributed by atoms with Crippen LogP contribution < -0.4 is 10.5 Å². The zero-order chi connectivity index (χ0) is 14.7. The summed E-state index contributed by atoms with van der Waals surface area (Å²) >= 11 is 0. The van der Waals surface area contributed by atoms with Crippen LogP contribution >= 0.6 is 0 Å². The van der Waals surface area contributed by atoms with Crippen LogP contribution in [0.5, 0.6) is 5.75 Å². The summed E-state index contributed by atoms with van der Waals surface area (Å²) in [4.78, 5) is 0. The summed E-state index contributed by atoms with van der Waals surface area (Å²) in [6, 6.07) is 20.6. The van der Waals surface area contributed by atoms with E-state index in [9.17, 15) is 0 Å². The summed E-state index contributed by atoms with van der Waals surface area (Å²) in [6.07, 6.45) is 0. The van der Waals surface area contributed by atoms with E-state index in [-0.39, 0.29) is 0 Å². The van der Waals surface area contributed by atoms with Gasteiger partial charge in [-0.2, -0.15) is 0 Å². The molecule has 3 aromatic rings. The first-order valence-corrected chi connectivity index (χ1v) is 7.17. The minimum atomic E-state index is 0.477. The van der Waals surface area contributed by atoms with Gasteiger partial charge in [0, 0.05) is 12.1 Å². The van der Waals surface area contributed by atoms with E-state index in [2.05, 4.69) is 37.3 Å². The summed E-state index contributed by atoms with van der Waals surface area (Å²) in [5.74, 6) is 0.874. The van der Waals surface area contributed by atoms with E-state index in [4.69, 9.17) is 10.5 Å². The standard InChI is InChI=1S/C19H19NO/c1-14-6-2-3-8-16(14)13-21-19-11-10-15-7-4-5-9-17(15)18(19)12-20/h2-11H,12-13,20H2,1H3. The highest BCUT2D eigenvalue weighted by atomic mass is 16.5. The first-order chi connectivity index (χ1) is 10.3. The van der Waals surface area contributed by atoms with Gasteiger partial charge >= 0.3 is 0 Å². The van der Waals surface area contributed by atoms with Crippen LogP contribution in [-0.4, -0.2) is 0 Å². The van der Waals surface area contributed by atoms with Crippen molar-refractivity contribution >= 4 is 10.8 Å². The van der Waals surface area contributed by atoms with E-state index in [0.717, 1.165) is 11.3 Å². The van der Waals surface area contributed by atoms with Crippen molar-refractivity contribution in [2.45, 2.75) is 20.1 Å². The molecule has 106 valence electrons. The molecule has 0 aliphatic carbocycles. The van der Waals surface area contributed by atoms with Crippen molar-refractivity contribution in [1.82, 2.24) is 0 Å². The number of benzene rings is 3. The van der Waals surface area contributed by atoms with Crippen molar-refractivity contribution in [3.63, 3.8) is 0 Å². The molecule has 0 heterocycles. The first-order valence-electron chi connectivity index (χ1n) is 7.17. The lowest BCUT2D eigenvalue weighted by Crippen LogP contribution is -2.04. The fraction of sp³-hybridized carbons (Fsp3) is 0.158. The largest absolute Gasteiger partial charge is 0.489 e. The van der Waals surface area contributed by atoms with Gasteiger partial charge in [0.2, 0.25) is 0 Å². The molecule has 0 unspecified atom stereocenters. The van der Waals surface area contributed by atoms with Crippen LogP contribution in [0.1, 0.15) is 16.7 Å². The number of fused-ring (bicyclic) bond motifs is 1. The van der Waals surface area contributed by atoms with Gasteiger partial charge in [-0.25, -0.2) is 0 Å². The number of rotatable bonds is 4. The van der Waals surface area contributed by atoms with E-state index in [1.165, 1.54) is 21.9 Å². The molecule has 0 spiro atoms. The molecule has 2 N–H and O–H groups in total. The smallest absolute Gasteiger partial charge is 0.124 e. The lowest BCUT2D eigenvalue weighted by molar-refractivity contribution is 0.303. The first kappa shape index (κ1) is 13.7. The van der Waals surface area contributed by atoms with Gasteiger partial charge < -0.3 is 10.5 Å². The predicted molar refractivity (Wildman–Crippen MR) is 87.4 cm³/mol. The molecular weight excluding hydrogens is 258 g/mol. The monoisotopic (exact) mass is 277 g/mol. The van der Waals surface area contributed by atoms with Crippen molar-refractivity contribution in [2.75, 3.05) is 0 Å². The van der Waals surface area contributed by atoms with Crippen LogP contribution in [-0.2, 0) is 13.2 Å². The average Bonchev–Trinajstić information content (AvgIpc) is 2.53. The van der Waals surface area contributed by atoms with Crippen LogP contribution in [0.4, 0.5) is 0 Å². The van der Waals surface area contributed by atoms with Gasteiger partial charge in [-0.05, 0) is 34.9 Å². The van der Waals surface area contributed by atoms with Crippen molar-refractivity contribution in [2.24, 2.45) is 5.73 Å². The third-order valence-electron chi connectivity index (χ3n) is 3.85. The molecule has 3 rings (SSSR count). The van der Waals surface area contributed by atoms with Gasteiger partial charge in [0.15, 0.2) is 0 Å². The van der Waals surface area contributed by atoms with E-state index < -0.39 is 0 Å². The predicted octanol–water partition coefficient (Wildman–Crippen LogP) is 4.19. The Balaban J connectivity index is 1.92. The number of aryl methyl sites for hydroxylation is 1. The Kier molecular flexibility index (Phi) is 3.89. The van der Waals surface area contributed by atoms with Crippen molar-refractivity contribution < 1.29 is 4.74 Å². The SMILES string of the molecule is Cc1ccccc1COc1ccc2ccccc2c1CN. The van der Waals surface area contributed by atoms with Crippen molar-refractivity contribution in [1.29, 1.82) is 0 Å². The second-order valence-corrected chi connectivity index (χ2v) is 5.18. The molecule has 0 atom stereocenters. The van der Waals surface area contributed by atoms with Crippen molar-refractivity contribution in [3.8, 4) is 5.75 Å². The zero-order valence-electron chi connectivity index (χ0n) is 12.2. The van der Waals surface area contributed by atoms with Gasteiger partial charge in [-0.3, -0.25) is 0 Å². The lowest BCUT2D eigenvalue weighted by Gasteiger charge is -2.14. The number of hydrogen-bond donors (Lipinski definition) is 1. The molecule has 0 aromatic heterocycles. The molecule has 0 saturated heterocycles. The molecule has 21 heavy (non-hydrogen) atoms. The Morgan fingerprint density at radius 1 is 0.905 bits per heavy atom. The topological polar surface area (TPSA) is 35.2 Å². The maximum atomic E-state index is 6.02. The highest BCUT2D eigenvalue weighted by Gasteiger charge is 2.08. The quantitative estimate of drug-likeness (QED) is 0.776. The summed E-state index contributed by atoms with van der Waals surface area (Å²) in [7, 11) is 0. The van der Waals surface area contributed by atoms with E-state index in [0.29, 0.717) is 13.2 Å². The minimum Gasteiger partial charge on any atom is -0.489 e. The molecule has 0 bridgehead atoms. The van der Waals surface area contributed by atoms with Gasteiger partial charge in [-0.1, -0.05) is 54.6 Å². The fourth-order valence-corrected chi connectivity index (χ4v) is 2.59. The van der Waals surface area contributed by atoms with Crippen LogP contribution in [0.25, 0.3) is 10.8 Å². The molecular formula is C19H19NO. The Hall–Kier alpha value is -2.32. The molecule has 0 amide bonds. The van der Waals surface area contributed by atoms with Gasteiger partial charge in [0.25, 0.3) is 0 Å². The normalized spacial score (nSPS) is 10.8. The highest BCUT2D eigenvalue weighted by molar-refractivity contribution is 5.87. The van der Waals surface area contributed by atoms with Crippen LogP contribution in [0.3, 0.4) is 0 Å². The molecule has 2 nitrogen and oxygen atoms in total. The summed E-state index contributed by atoms with van der Waals surface area (Å²) < 4.78 is 6.02. The second-order valence-electron chi connectivity index (χ2n) is 5.18. The third-order valence-corrected chi connectivity index (χ3v) is 3.85. The Labute approximate surface area is 125 Å². The van der Waals surface area contributed by atoms with Crippen LogP contribution in [0.15, 0.2) is 60.7 Å². The molecule has 3 aromatic carbocycles. The Morgan fingerprint density at radius 3 is 2.48 bits per heavy atom. The van der Waals surface area contributed by atoms with E-state index in [1.807, 2.05) is 30.3 Å². The van der Waals surface area contributed by atoms with E-state index >= 15 is 0 Å². The molecule has 2 heteroatoms.